The molecule has 1 aromatic heterocycles. The highest BCUT2D eigenvalue weighted by Crippen LogP contribution is 2.36. The number of aliphatic hydroxyl groups excluding tert-OH is 2. The molecule has 98 valence electrons. The van der Waals surface area contributed by atoms with Crippen LogP contribution in [0.4, 0.5) is 17.3 Å². The summed E-state index contributed by atoms with van der Waals surface area (Å²) < 4.78 is 5.59. The fourth-order valence-electron chi connectivity index (χ4n) is 2.33. The first-order valence-electron chi connectivity index (χ1n) is 5.76. The third-order valence-corrected chi connectivity index (χ3v) is 3.29. The van der Waals surface area contributed by atoms with Crippen LogP contribution in [0.25, 0.3) is 0 Å². The van der Waals surface area contributed by atoms with Gasteiger partial charge in [0.2, 0.25) is 0 Å². The highest BCUT2D eigenvalue weighted by Gasteiger charge is 2.39. The first kappa shape index (κ1) is 11.5. The van der Waals surface area contributed by atoms with Gasteiger partial charge in [0.15, 0.2) is 11.6 Å². The van der Waals surface area contributed by atoms with Crippen molar-refractivity contribution in [2.75, 3.05) is 29.2 Å². The van der Waals surface area contributed by atoms with E-state index in [0.29, 0.717) is 30.4 Å². The molecule has 1 saturated heterocycles. The van der Waals surface area contributed by atoms with Crippen molar-refractivity contribution >= 4 is 17.3 Å². The summed E-state index contributed by atoms with van der Waals surface area (Å²) in [7, 11) is 0. The van der Waals surface area contributed by atoms with Crippen LogP contribution in [0.15, 0.2) is 6.33 Å². The molecule has 0 aromatic carbocycles. The number of ether oxygens (including phenoxy) is 1. The van der Waals surface area contributed by atoms with Crippen molar-refractivity contribution in [2.24, 2.45) is 0 Å². The number of hydrogen-bond donors (Lipinski definition) is 4. The summed E-state index contributed by atoms with van der Waals surface area (Å²) in [5.74, 6) is 1.05. The molecule has 18 heavy (non-hydrogen) atoms. The van der Waals surface area contributed by atoms with Gasteiger partial charge in [0.1, 0.15) is 24.3 Å². The third kappa shape index (κ3) is 1.65. The molecule has 8 heteroatoms. The van der Waals surface area contributed by atoms with Crippen LogP contribution in [0.3, 0.4) is 0 Å². The number of nitrogens with two attached hydrogens (primary N) is 1. The van der Waals surface area contributed by atoms with E-state index in [4.69, 9.17) is 15.6 Å². The first-order valence-corrected chi connectivity index (χ1v) is 5.76. The maximum absolute atomic E-state index is 9.73. The van der Waals surface area contributed by atoms with E-state index < -0.39 is 12.2 Å². The van der Waals surface area contributed by atoms with Crippen LogP contribution in [0.1, 0.15) is 6.42 Å². The van der Waals surface area contributed by atoms with E-state index in [9.17, 15) is 5.11 Å². The highest BCUT2D eigenvalue weighted by atomic mass is 16.5. The van der Waals surface area contributed by atoms with Crippen LogP contribution in [-0.2, 0) is 4.74 Å². The van der Waals surface area contributed by atoms with Gasteiger partial charge in [-0.1, -0.05) is 0 Å². The molecule has 3 rings (SSSR count). The van der Waals surface area contributed by atoms with Crippen molar-refractivity contribution in [2.45, 2.75) is 24.9 Å². The lowest BCUT2D eigenvalue weighted by Crippen LogP contribution is -2.35. The summed E-state index contributed by atoms with van der Waals surface area (Å²) in [6.07, 6.45) is 0.293. The first-order chi connectivity index (χ1) is 8.70. The molecular formula is C10H15N5O3. The molecule has 0 bridgehead atoms. The molecule has 1 aromatic rings. The van der Waals surface area contributed by atoms with E-state index in [-0.39, 0.29) is 12.8 Å². The number of fused-ring (bicyclic) bond motifs is 1. The van der Waals surface area contributed by atoms with Gasteiger partial charge in [-0.05, 0) is 0 Å². The number of rotatable bonds is 2. The highest BCUT2D eigenvalue weighted by molar-refractivity contribution is 5.79. The second-order valence-corrected chi connectivity index (χ2v) is 4.38. The van der Waals surface area contributed by atoms with Gasteiger partial charge >= 0.3 is 0 Å². The topological polar surface area (TPSA) is 117 Å². The van der Waals surface area contributed by atoms with Crippen LogP contribution in [0.5, 0.6) is 0 Å². The minimum absolute atomic E-state index is 0.197. The minimum Gasteiger partial charge on any atom is -0.394 e. The Bertz CT molecular complexity index is 457. The molecule has 3 atom stereocenters. The van der Waals surface area contributed by atoms with Crippen molar-refractivity contribution in [3.63, 3.8) is 0 Å². The lowest BCUT2D eigenvalue weighted by atomic mass is 10.2. The number of aliphatic hydroxyl groups is 2. The van der Waals surface area contributed by atoms with Crippen molar-refractivity contribution in [1.29, 1.82) is 0 Å². The Morgan fingerprint density at radius 2 is 2.39 bits per heavy atom. The van der Waals surface area contributed by atoms with Gasteiger partial charge in [-0.3, -0.25) is 0 Å². The maximum Gasteiger partial charge on any atom is 0.161 e. The number of aromatic nitrogens is 2. The average molecular weight is 253 g/mol. The van der Waals surface area contributed by atoms with Gasteiger partial charge in [-0.15, -0.1) is 0 Å². The average Bonchev–Trinajstić information content (AvgIpc) is 2.93. The predicted octanol–water partition coefficient (Wildman–Crippen LogP) is -1.28. The van der Waals surface area contributed by atoms with Crippen LogP contribution in [-0.4, -0.2) is 51.9 Å². The Balaban J connectivity index is 1.83. The molecule has 0 aliphatic carbocycles. The standard InChI is InChI=1S/C10H15N5O3/c11-9-8-10(13-3-12-9)15(4-14-8)7-1-5(17)6(2-16)18-7/h3,5-7,14,16-17H,1-2,4H2,(H2,11,12,13)/t5?,6-,7-/m1/s1. The zero-order valence-corrected chi connectivity index (χ0v) is 9.65. The largest absolute Gasteiger partial charge is 0.394 e. The number of anilines is 3. The molecule has 1 fully saturated rings. The van der Waals surface area contributed by atoms with Gasteiger partial charge in [-0.2, -0.15) is 0 Å². The van der Waals surface area contributed by atoms with Crippen LogP contribution < -0.4 is 16.0 Å². The Morgan fingerprint density at radius 3 is 3.11 bits per heavy atom. The molecule has 0 amide bonds. The molecule has 8 nitrogen and oxygen atoms in total. The second kappa shape index (κ2) is 4.23. The van der Waals surface area contributed by atoms with Crippen LogP contribution >= 0.6 is 0 Å². The van der Waals surface area contributed by atoms with Gasteiger partial charge in [0.25, 0.3) is 0 Å². The molecule has 2 aliphatic rings. The number of nitrogens with zero attached hydrogens (tertiary/aromatic N) is 3. The Kier molecular flexibility index (Phi) is 2.69. The van der Waals surface area contributed by atoms with Crippen molar-refractivity contribution in [1.82, 2.24) is 9.97 Å². The fraction of sp³-hybridized carbons (Fsp3) is 0.600. The third-order valence-electron chi connectivity index (χ3n) is 3.29. The predicted molar refractivity (Wildman–Crippen MR) is 63.8 cm³/mol. The summed E-state index contributed by atoms with van der Waals surface area (Å²) in [5, 5.41) is 21.9. The van der Waals surface area contributed by atoms with E-state index >= 15 is 0 Å². The van der Waals surface area contributed by atoms with Crippen molar-refractivity contribution in [3.8, 4) is 0 Å². The number of nitrogens with one attached hydrogen (secondary N) is 1. The zero-order chi connectivity index (χ0) is 12.7. The van der Waals surface area contributed by atoms with Crippen LogP contribution in [0.2, 0.25) is 0 Å². The summed E-state index contributed by atoms with van der Waals surface area (Å²) in [6, 6.07) is 0. The van der Waals surface area contributed by atoms with E-state index in [1.807, 2.05) is 4.90 Å². The molecule has 3 heterocycles. The summed E-state index contributed by atoms with van der Waals surface area (Å²) >= 11 is 0. The van der Waals surface area contributed by atoms with E-state index in [0.717, 1.165) is 0 Å². The molecular weight excluding hydrogens is 238 g/mol. The summed E-state index contributed by atoms with van der Waals surface area (Å²) in [5.41, 5.74) is 6.43. The van der Waals surface area contributed by atoms with Gasteiger partial charge in [0, 0.05) is 6.42 Å². The minimum atomic E-state index is -0.664. The van der Waals surface area contributed by atoms with E-state index in [1.165, 1.54) is 6.33 Å². The van der Waals surface area contributed by atoms with E-state index in [2.05, 4.69) is 15.3 Å². The van der Waals surface area contributed by atoms with Gasteiger partial charge in [-0.25, -0.2) is 9.97 Å². The summed E-state index contributed by atoms with van der Waals surface area (Å²) in [4.78, 5) is 9.94. The SMILES string of the molecule is Nc1ncnc2c1NCN2[C@H]1CC(O)[C@@H](CO)O1. The van der Waals surface area contributed by atoms with Gasteiger partial charge in [0.05, 0.1) is 19.4 Å². The zero-order valence-electron chi connectivity index (χ0n) is 9.65. The lowest BCUT2D eigenvalue weighted by Gasteiger charge is -2.24. The maximum atomic E-state index is 9.73. The number of nitrogen functional groups attached to an aromatic ring is 1. The lowest BCUT2D eigenvalue weighted by molar-refractivity contribution is -0.0218. The molecule has 1 unspecified atom stereocenters. The van der Waals surface area contributed by atoms with Crippen molar-refractivity contribution in [3.05, 3.63) is 6.33 Å². The Morgan fingerprint density at radius 1 is 1.56 bits per heavy atom. The van der Waals surface area contributed by atoms with E-state index in [1.54, 1.807) is 0 Å². The fourth-order valence-corrected chi connectivity index (χ4v) is 2.33. The summed E-state index contributed by atoms with van der Waals surface area (Å²) in [6.45, 7) is 0.297. The Labute approximate surface area is 103 Å². The Hall–Kier alpha value is -1.64. The second-order valence-electron chi connectivity index (χ2n) is 4.38. The van der Waals surface area contributed by atoms with Crippen LogP contribution in [0, 0.1) is 0 Å². The molecule has 0 spiro atoms. The van der Waals surface area contributed by atoms with Crippen molar-refractivity contribution < 1.29 is 14.9 Å². The van der Waals surface area contributed by atoms with Gasteiger partial charge < -0.3 is 30.9 Å². The molecule has 5 N–H and O–H groups in total. The molecule has 0 radical (unpaired) electrons. The normalized spacial score (nSPS) is 30.3. The quantitative estimate of drug-likeness (QED) is 0.514. The molecule has 2 aliphatic heterocycles. The molecule has 0 saturated carbocycles. The monoisotopic (exact) mass is 253 g/mol. The number of hydrogen-bond acceptors (Lipinski definition) is 8. The smallest absolute Gasteiger partial charge is 0.161 e.